The number of aromatic nitrogens is 3. The Balaban J connectivity index is 1.41. The Morgan fingerprint density at radius 3 is 2.65 bits per heavy atom. The highest BCUT2D eigenvalue weighted by molar-refractivity contribution is 6.42. The standard InChI is InChI=1S/C22H23Cl2N5O2/c23-16-11-18-19(12-17(16)24)29(20-3-1-2-7-25-20)22(27-18)28-8-4-14(5-9-28)21(30)26-15-6-10-31-13-15/h1-3,7,11-12,14-15H,4-6,8-10,13H2,(H,26,30)/t15-/m1/s1. The maximum absolute atomic E-state index is 12.7. The van der Waals surface area contributed by atoms with E-state index in [9.17, 15) is 4.79 Å². The van der Waals surface area contributed by atoms with Gasteiger partial charge in [-0.15, -0.1) is 0 Å². The molecule has 1 atom stereocenters. The summed E-state index contributed by atoms with van der Waals surface area (Å²) < 4.78 is 7.37. The summed E-state index contributed by atoms with van der Waals surface area (Å²) in [7, 11) is 0. The fourth-order valence-corrected chi connectivity index (χ4v) is 4.61. The van der Waals surface area contributed by atoms with E-state index in [2.05, 4.69) is 15.2 Å². The van der Waals surface area contributed by atoms with Gasteiger partial charge in [0, 0.05) is 31.8 Å². The van der Waals surface area contributed by atoms with E-state index in [4.69, 9.17) is 32.9 Å². The van der Waals surface area contributed by atoms with Crippen LogP contribution in [0.5, 0.6) is 0 Å². The number of pyridine rings is 1. The third-order valence-corrected chi connectivity index (χ3v) is 6.70. The summed E-state index contributed by atoms with van der Waals surface area (Å²) in [5, 5.41) is 4.08. The van der Waals surface area contributed by atoms with Crippen LogP contribution in [0, 0.1) is 5.92 Å². The molecule has 1 amide bonds. The first-order chi connectivity index (χ1) is 15.1. The minimum absolute atomic E-state index is 0.00779. The van der Waals surface area contributed by atoms with Crippen LogP contribution < -0.4 is 10.2 Å². The third-order valence-electron chi connectivity index (χ3n) is 5.98. The van der Waals surface area contributed by atoms with Crippen LogP contribution in [0.4, 0.5) is 5.95 Å². The maximum atomic E-state index is 12.7. The Morgan fingerprint density at radius 1 is 1.13 bits per heavy atom. The van der Waals surface area contributed by atoms with Crippen LogP contribution in [0.2, 0.25) is 10.0 Å². The minimum Gasteiger partial charge on any atom is -0.379 e. The number of halogens is 2. The van der Waals surface area contributed by atoms with Crippen molar-refractivity contribution in [2.45, 2.75) is 25.3 Å². The number of nitrogens with one attached hydrogen (secondary N) is 1. The number of carbonyl (C=O) groups is 1. The molecule has 0 unspecified atom stereocenters. The number of benzene rings is 1. The van der Waals surface area contributed by atoms with Crippen LogP contribution in [-0.4, -0.2) is 52.8 Å². The molecule has 0 bridgehead atoms. The summed E-state index contributed by atoms with van der Waals surface area (Å²) in [5.74, 6) is 1.69. The van der Waals surface area contributed by atoms with Crippen molar-refractivity contribution >= 4 is 46.1 Å². The molecule has 0 saturated carbocycles. The molecular weight excluding hydrogens is 437 g/mol. The van der Waals surface area contributed by atoms with Crippen molar-refractivity contribution in [3.8, 4) is 5.82 Å². The molecule has 0 spiro atoms. The number of anilines is 1. The minimum atomic E-state index is 0.00779. The van der Waals surface area contributed by atoms with Crippen molar-refractivity contribution in [1.29, 1.82) is 0 Å². The zero-order valence-electron chi connectivity index (χ0n) is 16.9. The highest BCUT2D eigenvalue weighted by Crippen LogP contribution is 2.34. The number of imidazole rings is 1. The van der Waals surface area contributed by atoms with Crippen molar-refractivity contribution in [1.82, 2.24) is 19.9 Å². The molecule has 2 aromatic heterocycles. The fraction of sp³-hybridized carbons (Fsp3) is 0.409. The van der Waals surface area contributed by atoms with E-state index in [-0.39, 0.29) is 17.9 Å². The van der Waals surface area contributed by atoms with Gasteiger partial charge in [0.2, 0.25) is 11.9 Å². The average Bonchev–Trinajstić information content (AvgIpc) is 3.42. The molecule has 1 N–H and O–H groups in total. The zero-order chi connectivity index (χ0) is 21.4. The number of ether oxygens (including phenoxy) is 1. The molecule has 2 fully saturated rings. The molecule has 162 valence electrons. The second kappa shape index (κ2) is 8.65. The summed E-state index contributed by atoms with van der Waals surface area (Å²) in [4.78, 5) is 24.2. The van der Waals surface area contributed by atoms with E-state index in [1.54, 1.807) is 12.3 Å². The van der Waals surface area contributed by atoms with Gasteiger partial charge in [-0.05, 0) is 43.5 Å². The van der Waals surface area contributed by atoms with E-state index >= 15 is 0 Å². The highest BCUT2D eigenvalue weighted by Gasteiger charge is 2.30. The molecule has 9 heteroatoms. The number of carbonyl (C=O) groups excluding carboxylic acids is 1. The van der Waals surface area contributed by atoms with Gasteiger partial charge in [-0.3, -0.25) is 9.36 Å². The number of piperidine rings is 1. The highest BCUT2D eigenvalue weighted by atomic mass is 35.5. The van der Waals surface area contributed by atoms with E-state index in [0.29, 0.717) is 16.7 Å². The molecule has 2 saturated heterocycles. The van der Waals surface area contributed by atoms with Crippen LogP contribution in [0.25, 0.3) is 16.9 Å². The Hall–Kier alpha value is -2.35. The molecule has 0 aliphatic carbocycles. The number of nitrogens with zero attached hydrogens (tertiary/aromatic N) is 4. The molecule has 7 nitrogen and oxygen atoms in total. The van der Waals surface area contributed by atoms with Crippen LogP contribution in [0.3, 0.4) is 0 Å². The Kier molecular flexibility index (Phi) is 5.73. The fourth-order valence-electron chi connectivity index (χ4n) is 4.29. The second-order valence-corrected chi connectivity index (χ2v) is 8.84. The van der Waals surface area contributed by atoms with E-state index in [1.807, 2.05) is 28.8 Å². The monoisotopic (exact) mass is 459 g/mol. The first-order valence-corrected chi connectivity index (χ1v) is 11.3. The van der Waals surface area contributed by atoms with Crippen LogP contribution in [-0.2, 0) is 9.53 Å². The van der Waals surface area contributed by atoms with E-state index in [0.717, 1.165) is 61.8 Å². The van der Waals surface area contributed by atoms with Crippen LogP contribution in [0.1, 0.15) is 19.3 Å². The van der Waals surface area contributed by atoms with Crippen molar-refractivity contribution < 1.29 is 9.53 Å². The van der Waals surface area contributed by atoms with Crippen molar-refractivity contribution in [3.05, 3.63) is 46.6 Å². The molecule has 3 aromatic rings. The first kappa shape index (κ1) is 20.5. The Labute approximate surface area is 190 Å². The quantitative estimate of drug-likeness (QED) is 0.641. The predicted octanol–water partition coefficient (Wildman–Crippen LogP) is 3.85. The van der Waals surface area contributed by atoms with E-state index in [1.165, 1.54) is 0 Å². The predicted molar refractivity (Wildman–Crippen MR) is 121 cm³/mol. The van der Waals surface area contributed by atoms with Gasteiger partial charge in [0.15, 0.2) is 0 Å². The largest absolute Gasteiger partial charge is 0.379 e. The molecule has 5 rings (SSSR count). The lowest BCUT2D eigenvalue weighted by Gasteiger charge is -2.32. The third kappa shape index (κ3) is 4.10. The average molecular weight is 460 g/mol. The number of hydrogen-bond acceptors (Lipinski definition) is 5. The molecule has 31 heavy (non-hydrogen) atoms. The molecule has 0 radical (unpaired) electrons. The lowest BCUT2D eigenvalue weighted by molar-refractivity contribution is -0.126. The molecule has 4 heterocycles. The van der Waals surface area contributed by atoms with Crippen molar-refractivity contribution in [3.63, 3.8) is 0 Å². The van der Waals surface area contributed by atoms with Gasteiger partial charge in [0.1, 0.15) is 5.82 Å². The van der Waals surface area contributed by atoms with Crippen LogP contribution >= 0.6 is 23.2 Å². The normalized spacial score (nSPS) is 19.8. The lowest BCUT2D eigenvalue weighted by atomic mass is 9.95. The summed E-state index contributed by atoms with van der Waals surface area (Å²) in [6.45, 7) is 2.80. The molecular formula is C22H23Cl2N5O2. The maximum Gasteiger partial charge on any atom is 0.223 e. The van der Waals surface area contributed by atoms with Gasteiger partial charge >= 0.3 is 0 Å². The van der Waals surface area contributed by atoms with Gasteiger partial charge < -0.3 is 15.0 Å². The van der Waals surface area contributed by atoms with E-state index < -0.39 is 0 Å². The first-order valence-electron chi connectivity index (χ1n) is 10.5. The smallest absolute Gasteiger partial charge is 0.223 e. The second-order valence-electron chi connectivity index (χ2n) is 8.02. The van der Waals surface area contributed by atoms with Gasteiger partial charge in [-0.1, -0.05) is 29.3 Å². The topological polar surface area (TPSA) is 72.3 Å². The van der Waals surface area contributed by atoms with Gasteiger partial charge in [0.05, 0.1) is 33.7 Å². The molecule has 2 aliphatic rings. The van der Waals surface area contributed by atoms with Crippen LogP contribution in [0.15, 0.2) is 36.5 Å². The summed E-state index contributed by atoms with van der Waals surface area (Å²) in [6, 6.07) is 9.52. The number of hydrogen-bond donors (Lipinski definition) is 1. The Morgan fingerprint density at radius 2 is 1.94 bits per heavy atom. The van der Waals surface area contributed by atoms with Gasteiger partial charge in [-0.2, -0.15) is 0 Å². The number of amides is 1. The van der Waals surface area contributed by atoms with Crippen molar-refractivity contribution in [2.24, 2.45) is 5.92 Å². The summed E-state index contributed by atoms with van der Waals surface area (Å²) in [6.07, 6.45) is 4.19. The van der Waals surface area contributed by atoms with Gasteiger partial charge in [-0.25, -0.2) is 9.97 Å². The molecule has 2 aliphatic heterocycles. The zero-order valence-corrected chi connectivity index (χ0v) is 18.4. The summed E-state index contributed by atoms with van der Waals surface area (Å²) in [5.41, 5.74) is 1.61. The summed E-state index contributed by atoms with van der Waals surface area (Å²) >= 11 is 12.5. The van der Waals surface area contributed by atoms with Crippen molar-refractivity contribution in [2.75, 3.05) is 31.2 Å². The SMILES string of the molecule is O=C(N[C@@H]1CCOC1)C1CCN(c2nc3cc(Cl)c(Cl)cc3n2-c2ccccn2)CC1. The molecule has 1 aromatic carbocycles. The lowest BCUT2D eigenvalue weighted by Crippen LogP contribution is -2.44. The van der Waals surface area contributed by atoms with Gasteiger partial charge in [0.25, 0.3) is 0 Å². The number of rotatable bonds is 4. The Bertz CT molecular complexity index is 1090. The number of fused-ring (bicyclic) bond motifs is 1.